The minimum absolute atomic E-state index is 0.597. The van der Waals surface area contributed by atoms with Crippen LogP contribution in [0.2, 0.25) is 0 Å². The highest BCUT2D eigenvalue weighted by atomic mass is 16.3. The molecule has 0 aliphatic carbocycles. The van der Waals surface area contributed by atoms with E-state index in [9.17, 15) is 0 Å². The summed E-state index contributed by atoms with van der Waals surface area (Å²) in [7, 11) is 0. The second-order valence-electron chi connectivity index (χ2n) is 14.4. The minimum atomic E-state index is 0.597. The molecule has 0 atom stereocenters. The predicted octanol–water partition coefficient (Wildman–Crippen LogP) is 13.8. The van der Waals surface area contributed by atoms with Crippen molar-refractivity contribution in [3.63, 3.8) is 0 Å². The highest BCUT2D eigenvalue weighted by molar-refractivity contribution is 6.12. The molecule has 0 bridgehead atoms. The maximum absolute atomic E-state index is 6.28. The van der Waals surface area contributed by atoms with Crippen LogP contribution in [0.25, 0.3) is 121 Å². The van der Waals surface area contributed by atoms with Crippen molar-refractivity contribution in [3.05, 3.63) is 176 Å². The summed E-state index contributed by atoms with van der Waals surface area (Å²) in [4.78, 5) is 15.6. The Hall–Kier alpha value is -7.63. The lowest BCUT2D eigenvalue weighted by Gasteiger charge is -2.12. The lowest BCUT2D eigenvalue weighted by Crippen LogP contribution is -2.01. The molecule has 0 N–H and O–H groups in total. The molecule has 12 aromatic rings. The van der Waals surface area contributed by atoms with Gasteiger partial charge in [-0.25, -0.2) is 15.0 Å². The van der Waals surface area contributed by atoms with Crippen LogP contribution in [-0.2, 0) is 0 Å². The molecule has 0 saturated heterocycles. The Morgan fingerprint density at radius 2 is 0.857 bits per heavy atom. The van der Waals surface area contributed by atoms with Crippen molar-refractivity contribution in [1.82, 2.24) is 15.0 Å². The van der Waals surface area contributed by atoms with E-state index in [2.05, 4.69) is 133 Å². The molecule has 0 radical (unpaired) electrons. The number of hydrogen-bond acceptors (Lipinski definition) is 5. The van der Waals surface area contributed by atoms with E-state index in [1.165, 1.54) is 10.8 Å². The van der Waals surface area contributed by atoms with E-state index in [4.69, 9.17) is 23.8 Å². The summed E-state index contributed by atoms with van der Waals surface area (Å²) in [6.45, 7) is 0. The molecule has 12 rings (SSSR count). The van der Waals surface area contributed by atoms with Gasteiger partial charge in [0.15, 0.2) is 17.5 Å². The van der Waals surface area contributed by atoms with E-state index in [0.29, 0.717) is 17.5 Å². The Balaban J connectivity index is 1.02. The Morgan fingerprint density at radius 3 is 1.75 bits per heavy atom. The summed E-state index contributed by atoms with van der Waals surface area (Å²) in [5.41, 5.74) is 8.51. The molecule has 5 nitrogen and oxygen atoms in total. The van der Waals surface area contributed by atoms with Crippen LogP contribution < -0.4 is 0 Å². The van der Waals surface area contributed by atoms with Gasteiger partial charge >= 0.3 is 0 Å². The highest BCUT2D eigenvalue weighted by Crippen LogP contribution is 2.39. The van der Waals surface area contributed by atoms with Gasteiger partial charge in [-0.15, -0.1) is 0 Å². The summed E-state index contributed by atoms with van der Waals surface area (Å²) < 4.78 is 12.4. The zero-order chi connectivity index (χ0) is 36.7. The maximum atomic E-state index is 6.28. The average Bonchev–Trinajstić information content (AvgIpc) is 3.82. The van der Waals surface area contributed by atoms with Crippen LogP contribution >= 0.6 is 0 Å². The van der Waals surface area contributed by atoms with Crippen LogP contribution in [0.3, 0.4) is 0 Å². The van der Waals surface area contributed by atoms with E-state index < -0.39 is 0 Å². The van der Waals surface area contributed by atoms with Gasteiger partial charge in [-0.05, 0) is 92.0 Å². The first-order chi connectivity index (χ1) is 27.7. The van der Waals surface area contributed by atoms with Crippen molar-refractivity contribution in [1.29, 1.82) is 0 Å². The van der Waals surface area contributed by atoms with Gasteiger partial charge in [-0.3, -0.25) is 0 Å². The zero-order valence-corrected chi connectivity index (χ0v) is 29.9. The number of para-hydroxylation sites is 2. The van der Waals surface area contributed by atoms with Gasteiger partial charge in [-0.1, -0.05) is 127 Å². The third-order valence-electron chi connectivity index (χ3n) is 11.1. The number of benzene rings is 9. The molecular formula is C51H29N3O2. The van der Waals surface area contributed by atoms with Gasteiger partial charge in [0, 0.05) is 38.2 Å². The summed E-state index contributed by atoms with van der Waals surface area (Å²) in [5, 5.41) is 11.1. The first-order valence-electron chi connectivity index (χ1n) is 18.7. The number of fused-ring (bicyclic) bond motifs is 9. The van der Waals surface area contributed by atoms with Crippen molar-refractivity contribution in [2.75, 3.05) is 0 Å². The zero-order valence-electron chi connectivity index (χ0n) is 29.9. The summed E-state index contributed by atoms with van der Waals surface area (Å²) in [6.07, 6.45) is 0. The number of aromatic nitrogens is 3. The Morgan fingerprint density at radius 1 is 0.286 bits per heavy atom. The summed E-state index contributed by atoms with van der Waals surface area (Å²) >= 11 is 0. The monoisotopic (exact) mass is 715 g/mol. The largest absolute Gasteiger partial charge is 0.456 e. The molecule has 3 heterocycles. The van der Waals surface area contributed by atoms with Crippen LogP contribution in [0, 0.1) is 0 Å². The van der Waals surface area contributed by atoms with E-state index in [1.807, 2.05) is 42.5 Å². The lowest BCUT2D eigenvalue weighted by molar-refractivity contribution is 0.669. The van der Waals surface area contributed by atoms with Gasteiger partial charge < -0.3 is 8.83 Å². The molecule has 9 aromatic carbocycles. The quantitative estimate of drug-likeness (QED) is 0.181. The standard InChI is InChI=1S/C51H29N3O2/c1-2-10-31-26-36(22-19-30(31)9-1)49-52-50(54-51(53-49)42-15-8-18-46-48(42)41-13-4-6-17-45(41)55-46)40-14-7-11-35-25-33(23-24-38(35)40)32-20-21-34-29-47-43(28-37(34)27-32)39-12-3-5-16-44(39)56-47/h1-29H. The van der Waals surface area contributed by atoms with Gasteiger partial charge in [0.05, 0.1) is 0 Å². The Bertz CT molecular complexity index is 3560. The Labute approximate surface area is 320 Å². The lowest BCUT2D eigenvalue weighted by atomic mass is 9.96. The fourth-order valence-corrected chi connectivity index (χ4v) is 8.34. The molecule has 5 heteroatoms. The Kier molecular flexibility index (Phi) is 6.56. The molecule has 260 valence electrons. The number of nitrogens with zero attached hydrogens (tertiary/aromatic N) is 3. The van der Waals surface area contributed by atoms with Gasteiger partial charge in [0.1, 0.15) is 22.3 Å². The topological polar surface area (TPSA) is 65.0 Å². The second kappa shape index (κ2) is 11.9. The van der Waals surface area contributed by atoms with Crippen molar-refractivity contribution in [2.45, 2.75) is 0 Å². The van der Waals surface area contributed by atoms with Crippen molar-refractivity contribution in [2.24, 2.45) is 0 Å². The SMILES string of the molecule is c1ccc2cc(-c3nc(-c4cccc5cc(-c6ccc7cc8oc9ccccc9c8cc7c6)ccc45)nc(-c4cccc5oc6ccccc6c45)n3)ccc2c1. The normalized spacial score (nSPS) is 11.9. The number of rotatable bonds is 4. The molecule has 3 aromatic heterocycles. The van der Waals surface area contributed by atoms with Crippen molar-refractivity contribution in [3.8, 4) is 45.3 Å². The van der Waals surface area contributed by atoms with Crippen LogP contribution in [0.4, 0.5) is 0 Å². The van der Waals surface area contributed by atoms with E-state index in [-0.39, 0.29) is 0 Å². The van der Waals surface area contributed by atoms with Crippen LogP contribution in [0.1, 0.15) is 0 Å². The highest BCUT2D eigenvalue weighted by Gasteiger charge is 2.19. The smallest absolute Gasteiger partial charge is 0.164 e. The fraction of sp³-hybridized carbons (Fsp3) is 0. The van der Waals surface area contributed by atoms with Crippen LogP contribution in [0.5, 0.6) is 0 Å². The minimum Gasteiger partial charge on any atom is -0.456 e. The fourth-order valence-electron chi connectivity index (χ4n) is 8.34. The summed E-state index contributed by atoms with van der Waals surface area (Å²) in [5.74, 6) is 1.83. The first-order valence-corrected chi connectivity index (χ1v) is 18.7. The molecule has 0 fully saturated rings. The molecule has 0 aliphatic heterocycles. The van der Waals surface area contributed by atoms with Crippen molar-refractivity contribution < 1.29 is 8.83 Å². The van der Waals surface area contributed by atoms with E-state index in [1.54, 1.807) is 0 Å². The molecular weight excluding hydrogens is 687 g/mol. The molecule has 0 unspecified atom stereocenters. The summed E-state index contributed by atoms with van der Waals surface area (Å²) in [6, 6.07) is 61.2. The van der Waals surface area contributed by atoms with Crippen molar-refractivity contribution >= 4 is 76.2 Å². The van der Waals surface area contributed by atoms with E-state index >= 15 is 0 Å². The molecule has 56 heavy (non-hydrogen) atoms. The second-order valence-corrected chi connectivity index (χ2v) is 14.4. The maximum Gasteiger partial charge on any atom is 0.164 e. The molecule has 0 spiro atoms. The first kappa shape index (κ1) is 30.8. The van der Waals surface area contributed by atoms with Gasteiger partial charge in [0.2, 0.25) is 0 Å². The third-order valence-corrected chi connectivity index (χ3v) is 11.1. The average molecular weight is 716 g/mol. The van der Waals surface area contributed by atoms with Gasteiger partial charge in [-0.2, -0.15) is 0 Å². The molecule has 0 amide bonds. The van der Waals surface area contributed by atoms with E-state index in [0.717, 1.165) is 93.2 Å². The number of furan rings is 2. The van der Waals surface area contributed by atoms with Crippen LogP contribution in [0.15, 0.2) is 185 Å². The van der Waals surface area contributed by atoms with Crippen LogP contribution in [-0.4, -0.2) is 15.0 Å². The predicted molar refractivity (Wildman–Crippen MR) is 229 cm³/mol. The third kappa shape index (κ3) is 4.84. The number of hydrogen-bond donors (Lipinski definition) is 0. The van der Waals surface area contributed by atoms with Gasteiger partial charge in [0.25, 0.3) is 0 Å². The molecule has 0 aliphatic rings. The molecule has 0 saturated carbocycles.